The van der Waals surface area contributed by atoms with E-state index in [0.717, 1.165) is 5.56 Å². The summed E-state index contributed by atoms with van der Waals surface area (Å²) >= 11 is 3.38. The number of rotatable bonds is 6. The highest BCUT2D eigenvalue weighted by Crippen LogP contribution is 2.28. The second-order valence-corrected chi connectivity index (χ2v) is 8.69. The molecule has 0 radical (unpaired) electrons. The summed E-state index contributed by atoms with van der Waals surface area (Å²) < 4.78 is 26.3. The third-order valence-electron chi connectivity index (χ3n) is 5.42. The third-order valence-corrected chi connectivity index (χ3v) is 6.04. The summed E-state index contributed by atoms with van der Waals surface area (Å²) in [7, 11) is 1.56. The topological polar surface area (TPSA) is 76.7 Å². The maximum Gasteiger partial charge on any atom is 0.255 e. The van der Waals surface area contributed by atoms with E-state index < -0.39 is 5.82 Å². The molecule has 0 spiro atoms. The van der Waals surface area contributed by atoms with Crippen LogP contribution in [0.2, 0.25) is 0 Å². The van der Waals surface area contributed by atoms with Crippen molar-refractivity contribution in [1.82, 2.24) is 4.98 Å². The van der Waals surface area contributed by atoms with E-state index in [-0.39, 0.29) is 11.6 Å². The van der Waals surface area contributed by atoms with E-state index in [4.69, 9.17) is 9.15 Å². The molecule has 0 aliphatic rings. The van der Waals surface area contributed by atoms with E-state index in [1.807, 2.05) is 24.3 Å². The van der Waals surface area contributed by atoms with E-state index in [1.165, 1.54) is 6.07 Å². The molecule has 5 aromatic rings. The molecule has 8 heteroatoms. The van der Waals surface area contributed by atoms with Crippen molar-refractivity contribution in [2.45, 2.75) is 0 Å². The number of methoxy groups -OCH3 is 1. The predicted octanol–water partition coefficient (Wildman–Crippen LogP) is 7.41. The van der Waals surface area contributed by atoms with Crippen LogP contribution in [0.3, 0.4) is 0 Å². The van der Waals surface area contributed by atoms with Crippen molar-refractivity contribution in [3.05, 3.63) is 106 Å². The van der Waals surface area contributed by atoms with Gasteiger partial charge in [0.15, 0.2) is 5.58 Å². The molecule has 0 unspecified atom stereocenters. The van der Waals surface area contributed by atoms with Gasteiger partial charge in [-0.1, -0.05) is 24.3 Å². The number of nitrogens with zero attached hydrogens (tertiary/aromatic N) is 2. The van der Waals surface area contributed by atoms with Gasteiger partial charge < -0.3 is 14.5 Å². The smallest absolute Gasteiger partial charge is 0.255 e. The zero-order valence-electron chi connectivity index (χ0n) is 19.0. The maximum absolute atomic E-state index is 14.7. The summed E-state index contributed by atoms with van der Waals surface area (Å²) in [6.45, 7) is 0. The van der Waals surface area contributed by atoms with Gasteiger partial charge in [-0.05, 0) is 82.2 Å². The SMILES string of the molecule is COc1ccc(C(=O)Nc2ccc(C=Nc3ccc(-c4nc5ccccc5o4)cc3F)cc2)cc1Br. The Bertz CT molecular complexity index is 1560. The number of ether oxygens (including phenoxy) is 1. The van der Waals surface area contributed by atoms with Gasteiger partial charge in [-0.2, -0.15) is 0 Å². The number of fused-ring (bicyclic) bond motifs is 1. The van der Waals surface area contributed by atoms with Crippen LogP contribution in [0.4, 0.5) is 15.8 Å². The molecule has 0 fully saturated rings. The molecular weight excluding hydrogens is 525 g/mol. The average molecular weight is 544 g/mol. The standard InChI is InChI=1S/C28H19BrFN3O3/c1-35-25-13-9-18(14-21(25)29)27(34)32-20-10-6-17(7-11-20)16-31-23-12-8-19(15-22(23)30)28-33-24-4-2-3-5-26(24)36-28/h2-16H,1H3,(H,32,34). The molecule has 0 saturated heterocycles. The Balaban J connectivity index is 1.26. The monoisotopic (exact) mass is 543 g/mol. The Morgan fingerprint density at radius 2 is 1.86 bits per heavy atom. The molecule has 178 valence electrons. The predicted molar refractivity (Wildman–Crippen MR) is 142 cm³/mol. The summed E-state index contributed by atoms with van der Waals surface area (Å²) in [5.41, 5.74) is 3.95. The Hall–Kier alpha value is -4.30. The first-order valence-corrected chi connectivity index (χ1v) is 11.7. The van der Waals surface area contributed by atoms with Gasteiger partial charge in [-0.15, -0.1) is 0 Å². The number of anilines is 1. The molecule has 36 heavy (non-hydrogen) atoms. The quantitative estimate of drug-likeness (QED) is 0.226. The Labute approximate surface area is 214 Å². The van der Waals surface area contributed by atoms with E-state index in [0.29, 0.717) is 44.0 Å². The van der Waals surface area contributed by atoms with Gasteiger partial charge in [0.05, 0.1) is 17.3 Å². The molecule has 0 aliphatic heterocycles. The lowest BCUT2D eigenvalue weighted by Crippen LogP contribution is -2.11. The number of carbonyl (C=O) groups excluding carboxylic acids is 1. The number of oxazole rings is 1. The van der Waals surface area contributed by atoms with Gasteiger partial charge in [-0.3, -0.25) is 9.79 Å². The fourth-order valence-corrected chi connectivity index (χ4v) is 4.09. The molecule has 0 saturated carbocycles. The summed E-state index contributed by atoms with van der Waals surface area (Å²) in [6, 6.07) is 24.2. The van der Waals surface area contributed by atoms with Crippen LogP contribution in [-0.2, 0) is 0 Å². The molecule has 1 N–H and O–H groups in total. The number of halogens is 2. The van der Waals surface area contributed by atoms with Gasteiger partial charge in [0.25, 0.3) is 5.91 Å². The first-order valence-electron chi connectivity index (χ1n) is 10.9. The van der Waals surface area contributed by atoms with Crippen LogP contribution >= 0.6 is 15.9 Å². The van der Waals surface area contributed by atoms with Gasteiger partial charge in [0.2, 0.25) is 5.89 Å². The van der Waals surface area contributed by atoms with Gasteiger partial charge in [0.1, 0.15) is 17.1 Å². The van der Waals surface area contributed by atoms with Crippen LogP contribution in [-0.4, -0.2) is 24.2 Å². The van der Waals surface area contributed by atoms with Gasteiger partial charge in [0, 0.05) is 23.0 Å². The molecule has 0 aliphatic carbocycles. The highest BCUT2D eigenvalue weighted by Gasteiger charge is 2.11. The zero-order valence-corrected chi connectivity index (χ0v) is 20.6. The normalized spacial score (nSPS) is 11.2. The van der Waals surface area contributed by atoms with Crippen LogP contribution in [0.15, 0.2) is 98.8 Å². The van der Waals surface area contributed by atoms with E-state index in [1.54, 1.807) is 67.9 Å². The zero-order chi connectivity index (χ0) is 25.1. The van der Waals surface area contributed by atoms with Crippen LogP contribution in [0.1, 0.15) is 15.9 Å². The van der Waals surface area contributed by atoms with Crippen LogP contribution < -0.4 is 10.1 Å². The number of benzene rings is 4. The molecule has 0 atom stereocenters. The highest BCUT2D eigenvalue weighted by molar-refractivity contribution is 9.10. The molecule has 1 heterocycles. The average Bonchev–Trinajstić information content (AvgIpc) is 3.33. The summed E-state index contributed by atoms with van der Waals surface area (Å²) in [4.78, 5) is 21.2. The minimum absolute atomic E-state index is 0.192. The largest absolute Gasteiger partial charge is 0.496 e. The lowest BCUT2D eigenvalue weighted by Gasteiger charge is -2.08. The van der Waals surface area contributed by atoms with Gasteiger partial charge in [-0.25, -0.2) is 9.37 Å². The third kappa shape index (κ3) is 5.04. The first-order chi connectivity index (χ1) is 17.5. The first kappa shape index (κ1) is 23.4. The molecule has 4 aromatic carbocycles. The maximum atomic E-state index is 14.7. The Morgan fingerprint density at radius 3 is 2.58 bits per heavy atom. The van der Waals surface area contributed by atoms with Crippen molar-refractivity contribution in [2.75, 3.05) is 12.4 Å². The van der Waals surface area contributed by atoms with Crippen LogP contribution in [0.5, 0.6) is 5.75 Å². The Kier molecular flexibility index (Phi) is 6.60. The number of nitrogens with one attached hydrogen (secondary N) is 1. The molecular formula is C28H19BrFN3O3. The van der Waals surface area contributed by atoms with Crippen molar-refractivity contribution < 1.29 is 18.3 Å². The van der Waals surface area contributed by atoms with Gasteiger partial charge >= 0.3 is 0 Å². The van der Waals surface area contributed by atoms with E-state index in [2.05, 4.69) is 31.2 Å². The molecule has 5 rings (SSSR count). The van der Waals surface area contributed by atoms with Crippen molar-refractivity contribution in [3.8, 4) is 17.2 Å². The fourth-order valence-electron chi connectivity index (χ4n) is 3.55. The highest BCUT2D eigenvalue weighted by atomic mass is 79.9. The number of aliphatic imine (C=N–C) groups is 1. The number of hydrogen-bond donors (Lipinski definition) is 1. The Morgan fingerprint density at radius 1 is 1.06 bits per heavy atom. The second-order valence-electron chi connectivity index (χ2n) is 7.84. The van der Waals surface area contributed by atoms with Crippen molar-refractivity contribution >= 4 is 50.5 Å². The number of amides is 1. The van der Waals surface area contributed by atoms with Crippen molar-refractivity contribution in [3.63, 3.8) is 0 Å². The minimum Gasteiger partial charge on any atom is -0.496 e. The lowest BCUT2D eigenvalue weighted by atomic mass is 10.1. The summed E-state index contributed by atoms with van der Waals surface area (Å²) in [6.07, 6.45) is 1.56. The number of hydrogen-bond acceptors (Lipinski definition) is 5. The fraction of sp³-hybridized carbons (Fsp3) is 0.0357. The van der Waals surface area contributed by atoms with Crippen molar-refractivity contribution in [2.24, 2.45) is 4.99 Å². The number of aromatic nitrogens is 1. The molecule has 1 aromatic heterocycles. The lowest BCUT2D eigenvalue weighted by molar-refractivity contribution is 0.102. The van der Waals surface area contributed by atoms with E-state index >= 15 is 0 Å². The van der Waals surface area contributed by atoms with Crippen LogP contribution in [0, 0.1) is 5.82 Å². The number of carbonyl (C=O) groups is 1. The number of para-hydroxylation sites is 2. The molecule has 1 amide bonds. The second kappa shape index (κ2) is 10.1. The van der Waals surface area contributed by atoms with E-state index in [9.17, 15) is 9.18 Å². The molecule has 6 nitrogen and oxygen atoms in total. The van der Waals surface area contributed by atoms with Crippen LogP contribution in [0.25, 0.3) is 22.6 Å². The van der Waals surface area contributed by atoms with Crippen molar-refractivity contribution in [1.29, 1.82) is 0 Å². The summed E-state index contributed by atoms with van der Waals surface area (Å²) in [5, 5.41) is 2.84. The summed E-state index contributed by atoms with van der Waals surface area (Å²) in [5.74, 6) is 0.263. The molecule has 0 bridgehead atoms. The minimum atomic E-state index is -0.486.